The first-order valence-electron chi connectivity index (χ1n) is 9.96. The quantitative estimate of drug-likeness (QED) is 0.823. The highest BCUT2D eigenvalue weighted by Gasteiger charge is 2.27. The summed E-state index contributed by atoms with van der Waals surface area (Å²) < 4.78 is 1.54. The van der Waals surface area contributed by atoms with Gasteiger partial charge in [-0.3, -0.25) is 14.5 Å². The van der Waals surface area contributed by atoms with Gasteiger partial charge in [-0.1, -0.05) is 24.3 Å². The number of fused-ring (bicyclic) bond motifs is 1. The van der Waals surface area contributed by atoms with Crippen molar-refractivity contribution in [1.82, 2.24) is 24.8 Å². The standard InChI is InChI=1S/C20H27N5O2/c1-15-5-4-10-24(13-15)19(26)14-23-11-8-16(9-12-23)25-20(27)17-6-2-3-7-18(17)21-22-25/h2-3,6-7,15-16H,4-5,8-14H2,1H3/t15-/m1/s1. The number of rotatable bonds is 3. The summed E-state index contributed by atoms with van der Waals surface area (Å²) in [5.41, 5.74) is 0.565. The minimum atomic E-state index is -0.0718. The number of aromatic nitrogens is 3. The summed E-state index contributed by atoms with van der Waals surface area (Å²) in [4.78, 5) is 29.5. The van der Waals surface area contributed by atoms with Gasteiger partial charge >= 0.3 is 0 Å². The third kappa shape index (κ3) is 3.88. The Kier molecular flexibility index (Phi) is 5.20. The highest BCUT2D eigenvalue weighted by molar-refractivity contribution is 5.78. The molecule has 2 aromatic rings. The first kappa shape index (κ1) is 18.1. The number of amides is 1. The van der Waals surface area contributed by atoms with Crippen LogP contribution in [0, 0.1) is 5.92 Å². The van der Waals surface area contributed by atoms with Crippen LogP contribution in [0.2, 0.25) is 0 Å². The molecule has 0 N–H and O–H groups in total. The maximum atomic E-state index is 12.7. The molecule has 1 aromatic heterocycles. The van der Waals surface area contributed by atoms with Gasteiger partial charge in [-0.15, -0.1) is 5.10 Å². The van der Waals surface area contributed by atoms with E-state index in [1.807, 2.05) is 23.1 Å². The van der Waals surface area contributed by atoms with Crippen LogP contribution in [-0.4, -0.2) is 63.4 Å². The molecule has 2 saturated heterocycles. The van der Waals surface area contributed by atoms with Crippen LogP contribution in [0.4, 0.5) is 0 Å². The van der Waals surface area contributed by atoms with Crippen LogP contribution in [0.5, 0.6) is 0 Å². The van der Waals surface area contributed by atoms with Gasteiger partial charge in [0.05, 0.1) is 18.0 Å². The Balaban J connectivity index is 1.37. The number of benzene rings is 1. The van der Waals surface area contributed by atoms with Crippen molar-refractivity contribution in [3.63, 3.8) is 0 Å². The van der Waals surface area contributed by atoms with E-state index < -0.39 is 0 Å². The fourth-order valence-corrected chi connectivity index (χ4v) is 4.27. The maximum absolute atomic E-state index is 12.7. The van der Waals surface area contributed by atoms with Crippen molar-refractivity contribution in [2.45, 2.75) is 38.6 Å². The number of carbonyl (C=O) groups excluding carboxylic acids is 1. The van der Waals surface area contributed by atoms with E-state index in [2.05, 4.69) is 22.1 Å². The van der Waals surface area contributed by atoms with E-state index in [1.165, 1.54) is 11.1 Å². The number of likely N-dealkylation sites (tertiary alicyclic amines) is 2. The second-order valence-electron chi connectivity index (χ2n) is 7.95. The monoisotopic (exact) mass is 369 g/mol. The fourth-order valence-electron chi connectivity index (χ4n) is 4.27. The molecule has 144 valence electrons. The molecule has 2 aliphatic heterocycles. The lowest BCUT2D eigenvalue weighted by Gasteiger charge is -2.35. The minimum absolute atomic E-state index is 0.0518. The van der Waals surface area contributed by atoms with Crippen molar-refractivity contribution in [2.75, 3.05) is 32.7 Å². The average Bonchev–Trinajstić information content (AvgIpc) is 2.69. The van der Waals surface area contributed by atoms with E-state index in [1.54, 1.807) is 6.07 Å². The zero-order valence-corrected chi connectivity index (χ0v) is 15.9. The summed E-state index contributed by atoms with van der Waals surface area (Å²) in [6.07, 6.45) is 3.96. The molecule has 1 atom stereocenters. The zero-order chi connectivity index (χ0) is 18.8. The van der Waals surface area contributed by atoms with E-state index in [-0.39, 0.29) is 17.5 Å². The Morgan fingerprint density at radius 3 is 2.70 bits per heavy atom. The Hall–Kier alpha value is -2.28. The van der Waals surface area contributed by atoms with Gasteiger partial charge < -0.3 is 4.90 Å². The van der Waals surface area contributed by atoms with E-state index >= 15 is 0 Å². The summed E-state index contributed by atoms with van der Waals surface area (Å²) in [6.45, 7) is 6.09. The maximum Gasteiger partial charge on any atom is 0.277 e. The number of piperidine rings is 2. The number of hydrogen-bond donors (Lipinski definition) is 0. The topological polar surface area (TPSA) is 71.3 Å². The van der Waals surface area contributed by atoms with Crippen molar-refractivity contribution in [1.29, 1.82) is 0 Å². The third-order valence-electron chi connectivity index (χ3n) is 5.86. The molecule has 7 heteroatoms. The van der Waals surface area contributed by atoms with Crippen molar-refractivity contribution in [2.24, 2.45) is 5.92 Å². The Morgan fingerprint density at radius 2 is 1.93 bits per heavy atom. The first-order valence-corrected chi connectivity index (χ1v) is 9.96. The van der Waals surface area contributed by atoms with Crippen molar-refractivity contribution in [3.8, 4) is 0 Å². The molecule has 27 heavy (non-hydrogen) atoms. The highest BCUT2D eigenvalue weighted by Crippen LogP contribution is 2.21. The highest BCUT2D eigenvalue weighted by atomic mass is 16.2. The van der Waals surface area contributed by atoms with E-state index in [4.69, 9.17) is 0 Å². The van der Waals surface area contributed by atoms with Crippen LogP contribution in [0.15, 0.2) is 29.1 Å². The summed E-state index contributed by atoms with van der Waals surface area (Å²) >= 11 is 0. The average molecular weight is 369 g/mol. The lowest BCUT2D eigenvalue weighted by molar-refractivity contribution is -0.134. The van der Waals surface area contributed by atoms with Gasteiger partial charge in [0.15, 0.2) is 0 Å². The molecule has 0 aliphatic carbocycles. The van der Waals surface area contributed by atoms with Crippen molar-refractivity contribution >= 4 is 16.8 Å². The Bertz CT molecular complexity index is 872. The summed E-state index contributed by atoms with van der Waals surface area (Å²) in [7, 11) is 0. The second-order valence-corrected chi connectivity index (χ2v) is 7.95. The first-order chi connectivity index (χ1) is 13.1. The smallest absolute Gasteiger partial charge is 0.277 e. The van der Waals surface area contributed by atoms with Crippen LogP contribution in [0.25, 0.3) is 10.9 Å². The predicted molar refractivity (Wildman–Crippen MR) is 103 cm³/mol. The van der Waals surface area contributed by atoms with Gasteiger partial charge in [0, 0.05) is 26.2 Å². The normalized spacial score (nSPS) is 22.3. The number of nitrogens with zero attached hydrogens (tertiary/aromatic N) is 5. The molecule has 0 spiro atoms. The second kappa shape index (κ2) is 7.76. The van der Waals surface area contributed by atoms with Crippen molar-refractivity contribution in [3.05, 3.63) is 34.6 Å². The molecular weight excluding hydrogens is 342 g/mol. The van der Waals surface area contributed by atoms with Crippen LogP contribution in [-0.2, 0) is 4.79 Å². The third-order valence-corrected chi connectivity index (χ3v) is 5.86. The van der Waals surface area contributed by atoms with Gasteiger partial charge in [0.2, 0.25) is 5.91 Å². The predicted octanol–water partition coefficient (Wildman–Crippen LogP) is 1.69. The van der Waals surface area contributed by atoms with E-state index in [0.29, 0.717) is 23.4 Å². The number of hydrogen-bond acceptors (Lipinski definition) is 5. The van der Waals surface area contributed by atoms with E-state index in [0.717, 1.165) is 45.4 Å². The number of carbonyl (C=O) groups is 1. The molecule has 4 rings (SSSR count). The largest absolute Gasteiger partial charge is 0.341 e. The van der Waals surface area contributed by atoms with Crippen LogP contribution < -0.4 is 5.56 Å². The summed E-state index contributed by atoms with van der Waals surface area (Å²) in [6, 6.07) is 7.38. The van der Waals surface area contributed by atoms with Gasteiger partial charge in [-0.05, 0) is 43.7 Å². The molecule has 0 unspecified atom stereocenters. The lowest BCUT2D eigenvalue weighted by atomic mass is 10.00. The fraction of sp³-hybridized carbons (Fsp3) is 0.600. The lowest BCUT2D eigenvalue weighted by Crippen LogP contribution is -2.47. The summed E-state index contributed by atoms with van der Waals surface area (Å²) in [5, 5.41) is 8.96. The molecule has 7 nitrogen and oxygen atoms in total. The molecule has 0 radical (unpaired) electrons. The SMILES string of the molecule is C[C@@H]1CCCN(C(=O)CN2CCC(n3nnc4ccccc4c3=O)CC2)C1. The van der Waals surface area contributed by atoms with Gasteiger partial charge in [-0.25, -0.2) is 4.68 Å². The Labute approximate surface area is 158 Å². The van der Waals surface area contributed by atoms with E-state index in [9.17, 15) is 9.59 Å². The molecule has 3 heterocycles. The van der Waals surface area contributed by atoms with Gasteiger partial charge in [0.25, 0.3) is 5.56 Å². The van der Waals surface area contributed by atoms with Gasteiger partial charge in [-0.2, -0.15) is 0 Å². The molecule has 2 fully saturated rings. The Morgan fingerprint density at radius 1 is 1.15 bits per heavy atom. The molecular formula is C20H27N5O2. The molecule has 1 amide bonds. The molecule has 2 aliphatic rings. The van der Waals surface area contributed by atoms with Crippen LogP contribution in [0.3, 0.4) is 0 Å². The van der Waals surface area contributed by atoms with Gasteiger partial charge in [0.1, 0.15) is 5.52 Å². The van der Waals surface area contributed by atoms with Crippen molar-refractivity contribution < 1.29 is 4.79 Å². The molecule has 1 aromatic carbocycles. The zero-order valence-electron chi connectivity index (χ0n) is 15.9. The molecule has 0 bridgehead atoms. The minimum Gasteiger partial charge on any atom is -0.341 e. The van der Waals surface area contributed by atoms with Crippen LogP contribution >= 0.6 is 0 Å². The summed E-state index contributed by atoms with van der Waals surface area (Å²) in [5.74, 6) is 0.842. The molecule has 0 saturated carbocycles. The van der Waals surface area contributed by atoms with Crippen LogP contribution in [0.1, 0.15) is 38.6 Å².